The third kappa shape index (κ3) is 2.81. The number of hydrogen-bond donors (Lipinski definition) is 1. The van der Waals surface area contributed by atoms with Gasteiger partial charge in [-0.15, -0.1) is 11.3 Å². The van der Waals surface area contributed by atoms with Crippen LogP contribution in [-0.4, -0.2) is 6.54 Å². The van der Waals surface area contributed by atoms with Gasteiger partial charge >= 0.3 is 0 Å². The molecule has 1 heterocycles. The van der Waals surface area contributed by atoms with Crippen molar-refractivity contribution in [1.29, 1.82) is 0 Å². The summed E-state index contributed by atoms with van der Waals surface area (Å²) in [5.41, 5.74) is 0. The predicted molar refractivity (Wildman–Crippen MR) is 75.4 cm³/mol. The van der Waals surface area contributed by atoms with Gasteiger partial charge in [-0.2, -0.15) is 0 Å². The van der Waals surface area contributed by atoms with Crippen LogP contribution in [0.15, 0.2) is 9.85 Å². The van der Waals surface area contributed by atoms with Crippen LogP contribution in [0.25, 0.3) is 0 Å². The van der Waals surface area contributed by atoms with Crippen LogP contribution in [0.4, 0.5) is 0 Å². The van der Waals surface area contributed by atoms with E-state index >= 15 is 0 Å². The molecule has 1 aliphatic carbocycles. The summed E-state index contributed by atoms with van der Waals surface area (Å²) in [6.45, 7) is 3.19. The van der Waals surface area contributed by atoms with Gasteiger partial charge in [-0.3, -0.25) is 0 Å². The first-order valence-electron chi connectivity index (χ1n) is 5.90. The van der Waals surface area contributed by atoms with Crippen molar-refractivity contribution in [2.45, 2.75) is 38.6 Å². The lowest BCUT2D eigenvalue weighted by molar-refractivity contribution is 0.379. The molecule has 90 valence electrons. The highest BCUT2D eigenvalue weighted by Gasteiger charge is 2.27. The Hall–Kier alpha value is 0.430. The second-order valence-electron chi connectivity index (χ2n) is 4.35. The lowest BCUT2D eigenvalue weighted by Gasteiger charge is -2.23. The molecule has 0 bridgehead atoms. The van der Waals surface area contributed by atoms with Crippen molar-refractivity contribution in [3.8, 4) is 0 Å². The molecule has 1 aromatic heterocycles. The van der Waals surface area contributed by atoms with E-state index in [-0.39, 0.29) is 0 Å². The zero-order chi connectivity index (χ0) is 11.5. The Kier molecular flexibility index (Phi) is 4.71. The van der Waals surface area contributed by atoms with Gasteiger partial charge in [0.1, 0.15) is 0 Å². The first-order chi connectivity index (χ1) is 7.72. The summed E-state index contributed by atoms with van der Waals surface area (Å²) in [6.07, 6.45) is 5.47. The molecule has 0 saturated heterocycles. The SMILES string of the molecule is CCNC(c1cc(Cl)c(Br)s1)C1CCCC1. The zero-order valence-electron chi connectivity index (χ0n) is 9.43. The molecule has 1 aliphatic rings. The number of hydrogen-bond acceptors (Lipinski definition) is 2. The fourth-order valence-corrected chi connectivity index (χ4v) is 4.44. The summed E-state index contributed by atoms with van der Waals surface area (Å²) in [5.74, 6) is 0.793. The Morgan fingerprint density at radius 1 is 1.56 bits per heavy atom. The quantitative estimate of drug-likeness (QED) is 0.822. The first kappa shape index (κ1) is 12.9. The van der Waals surface area contributed by atoms with Gasteiger partial charge in [0.25, 0.3) is 0 Å². The monoisotopic (exact) mass is 321 g/mol. The molecule has 1 fully saturated rings. The van der Waals surface area contributed by atoms with E-state index in [1.165, 1.54) is 30.6 Å². The highest BCUT2D eigenvalue weighted by Crippen LogP contribution is 2.41. The van der Waals surface area contributed by atoms with Gasteiger partial charge in [0.15, 0.2) is 0 Å². The zero-order valence-corrected chi connectivity index (χ0v) is 12.6. The molecule has 1 nitrogen and oxygen atoms in total. The van der Waals surface area contributed by atoms with Gasteiger partial charge in [-0.1, -0.05) is 31.4 Å². The number of rotatable bonds is 4. The van der Waals surface area contributed by atoms with E-state index in [9.17, 15) is 0 Å². The lowest BCUT2D eigenvalue weighted by atomic mass is 9.97. The Morgan fingerprint density at radius 2 is 2.25 bits per heavy atom. The molecule has 0 amide bonds. The molecular weight excluding hydrogens is 306 g/mol. The summed E-state index contributed by atoms with van der Waals surface area (Å²) in [5, 5.41) is 4.46. The number of nitrogens with one attached hydrogen (secondary N) is 1. The molecule has 1 N–H and O–H groups in total. The van der Waals surface area contributed by atoms with Crippen molar-refractivity contribution < 1.29 is 0 Å². The fourth-order valence-electron chi connectivity index (χ4n) is 2.53. The van der Waals surface area contributed by atoms with E-state index in [1.807, 2.05) is 0 Å². The summed E-state index contributed by atoms with van der Waals surface area (Å²) >= 11 is 11.4. The Morgan fingerprint density at radius 3 is 2.75 bits per heavy atom. The first-order valence-corrected chi connectivity index (χ1v) is 7.89. The van der Waals surface area contributed by atoms with E-state index in [0.717, 1.165) is 21.3 Å². The summed E-state index contributed by atoms with van der Waals surface area (Å²) < 4.78 is 1.06. The Bertz CT molecular complexity index is 327. The molecule has 2 rings (SSSR count). The van der Waals surface area contributed by atoms with Crippen LogP contribution in [0.1, 0.15) is 43.5 Å². The Labute approximate surface area is 115 Å². The fraction of sp³-hybridized carbons (Fsp3) is 0.667. The molecule has 1 saturated carbocycles. The molecular formula is C12H17BrClNS. The van der Waals surface area contributed by atoms with Gasteiger partial charge in [0.2, 0.25) is 0 Å². The van der Waals surface area contributed by atoms with Crippen molar-refractivity contribution in [3.05, 3.63) is 19.8 Å². The molecule has 1 unspecified atom stereocenters. The standard InChI is InChI=1S/C12H17BrClNS/c1-2-15-11(8-5-3-4-6-8)10-7-9(14)12(13)16-10/h7-8,11,15H,2-6H2,1H3. The van der Waals surface area contributed by atoms with Crippen LogP contribution < -0.4 is 5.32 Å². The van der Waals surface area contributed by atoms with Crippen LogP contribution in [0.3, 0.4) is 0 Å². The van der Waals surface area contributed by atoms with Gasteiger partial charge in [0.05, 0.1) is 8.81 Å². The maximum atomic E-state index is 6.12. The summed E-state index contributed by atoms with van der Waals surface area (Å²) in [4.78, 5) is 1.38. The number of thiophene rings is 1. The van der Waals surface area contributed by atoms with Gasteiger partial charge < -0.3 is 5.32 Å². The minimum atomic E-state index is 0.501. The summed E-state index contributed by atoms with van der Waals surface area (Å²) in [7, 11) is 0. The van der Waals surface area contributed by atoms with E-state index in [0.29, 0.717) is 6.04 Å². The van der Waals surface area contributed by atoms with Crippen molar-refractivity contribution in [2.75, 3.05) is 6.54 Å². The lowest BCUT2D eigenvalue weighted by Crippen LogP contribution is -2.26. The maximum absolute atomic E-state index is 6.12. The highest BCUT2D eigenvalue weighted by atomic mass is 79.9. The second-order valence-corrected chi connectivity index (χ2v) is 7.16. The largest absolute Gasteiger partial charge is 0.309 e. The van der Waals surface area contributed by atoms with Crippen molar-refractivity contribution in [1.82, 2.24) is 5.32 Å². The molecule has 16 heavy (non-hydrogen) atoms. The molecule has 0 radical (unpaired) electrons. The third-order valence-corrected chi connectivity index (χ3v) is 5.82. The normalized spacial score (nSPS) is 19.2. The predicted octanol–water partition coefficient (Wildman–Crippen LogP) is 5.00. The topological polar surface area (TPSA) is 12.0 Å². The van der Waals surface area contributed by atoms with E-state index in [4.69, 9.17) is 11.6 Å². The molecule has 0 aliphatic heterocycles. The van der Waals surface area contributed by atoms with Crippen LogP contribution in [0, 0.1) is 5.92 Å². The summed E-state index contributed by atoms with van der Waals surface area (Å²) in [6, 6.07) is 2.61. The van der Waals surface area contributed by atoms with Crippen LogP contribution in [-0.2, 0) is 0 Å². The van der Waals surface area contributed by atoms with Gasteiger partial charge in [0, 0.05) is 10.9 Å². The van der Waals surface area contributed by atoms with Gasteiger partial charge in [-0.25, -0.2) is 0 Å². The highest BCUT2D eigenvalue weighted by molar-refractivity contribution is 9.11. The number of halogens is 2. The van der Waals surface area contributed by atoms with Crippen LogP contribution >= 0.6 is 38.9 Å². The van der Waals surface area contributed by atoms with E-state index in [1.54, 1.807) is 11.3 Å². The minimum absolute atomic E-state index is 0.501. The average molecular weight is 323 g/mol. The van der Waals surface area contributed by atoms with Crippen LogP contribution in [0.5, 0.6) is 0 Å². The van der Waals surface area contributed by atoms with Crippen molar-refractivity contribution in [3.63, 3.8) is 0 Å². The smallest absolute Gasteiger partial charge is 0.0887 e. The third-order valence-electron chi connectivity index (χ3n) is 3.27. The molecule has 4 heteroatoms. The average Bonchev–Trinajstić information content (AvgIpc) is 2.86. The van der Waals surface area contributed by atoms with E-state index in [2.05, 4.69) is 34.2 Å². The van der Waals surface area contributed by atoms with Crippen molar-refractivity contribution in [2.24, 2.45) is 5.92 Å². The Balaban J connectivity index is 2.17. The molecule has 0 aromatic carbocycles. The van der Waals surface area contributed by atoms with Crippen molar-refractivity contribution >= 4 is 38.9 Å². The van der Waals surface area contributed by atoms with Crippen LogP contribution in [0.2, 0.25) is 5.02 Å². The van der Waals surface area contributed by atoms with Gasteiger partial charge in [-0.05, 0) is 47.3 Å². The molecule has 0 spiro atoms. The molecule has 1 aromatic rings. The maximum Gasteiger partial charge on any atom is 0.0887 e. The minimum Gasteiger partial charge on any atom is -0.309 e. The van der Waals surface area contributed by atoms with E-state index < -0.39 is 0 Å². The second kappa shape index (κ2) is 5.85. The molecule has 1 atom stereocenters.